The molecule has 0 aliphatic heterocycles. The molecule has 17 heavy (non-hydrogen) atoms. The first-order chi connectivity index (χ1) is 8.15. The number of rotatable bonds is 6. The van der Waals surface area contributed by atoms with Crippen LogP contribution in [0.15, 0.2) is 24.3 Å². The first-order valence-electron chi connectivity index (χ1n) is 5.81. The summed E-state index contributed by atoms with van der Waals surface area (Å²) in [4.78, 5) is 12.4. The van der Waals surface area contributed by atoms with Crippen molar-refractivity contribution in [1.29, 1.82) is 0 Å². The monoisotopic (exact) mass is 255 g/mol. The first-order valence-corrected chi connectivity index (χ1v) is 6.19. The number of nitrogens with zero attached hydrogens (tertiary/aromatic N) is 1. The minimum Gasteiger partial charge on any atom is -0.494 e. The van der Waals surface area contributed by atoms with Crippen LogP contribution >= 0.6 is 11.6 Å². The summed E-state index contributed by atoms with van der Waals surface area (Å²) < 4.78 is 5.60. The zero-order valence-corrected chi connectivity index (χ0v) is 11.0. The zero-order chi connectivity index (χ0) is 12.7. The van der Waals surface area contributed by atoms with Gasteiger partial charge in [0.15, 0.2) is 0 Å². The van der Waals surface area contributed by atoms with Crippen molar-refractivity contribution in [1.82, 2.24) is 0 Å². The van der Waals surface area contributed by atoms with Gasteiger partial charge in [-0.25, -0.2) is 0 Å². The topological polar surface area (TPSA) is 29.5 Å². The Morgan fingerprint density at radius 1 is 1.41 bits per heavy atom. The van der Waals surface area contributed by atoms with Gasteiger partial charge < -0.3 is 9.64 Å². The third-order valence-electron chi connectivity index (χ3n) is 2.49. The molecule has 0 aliphatic rings. The van der Waals surface area contributed by atoms with Crippen molar-refractivity contribution in [2.24, 2.45) is 0 Å². The van der Waals surface area contributed by atoms with E-state index < -0.39 is 5.37 Å². The molecular formula is C13H18ClNO2. The van der Waals surface area contributed by atoms with Gasteiger partial charge in [0.25, 0.3) is 0 Å². The van der Waals surface area contributed by atoms with Crippen LogP contribution in [-0.4, -0.2) is 19.0 Å². The van der Waals surface area contributed by atoms with Gasteiger partial charge in [0, 0.05) is 18.8 Å². The van der Waals surface area contributed by atoms with Crippen molar-refractivity contribution in [3.63, 3.8) is 0 Å². The Hall–Kier alpha value is -1.22. The Bertz CT molecular complexity index is 368. The standard InChI is InChI=1S/C13H18ClNO2/c1-3-4-5-9-17-12-8-6-7-11(10-12)15(2)13(14)16/h6-8,10H,3-5,9H2,1-2H3. The molecule has 0 unspecified atom stereocenters. The molecule has 1 rings (SSSR count). The SMILES string of the molecule is CCCCCOc1cccc(N(C)C(=O)Cl)c1. The molecule has 3 nitrogen and oxygen atoms in total. The van der Waals surface area contributed by atoms with Crippen molar-refractivity contribution in [3.05, 3.63) is 24.3 Å². The van der Waals surface area contributed by atoms with Gasteiger partial charge in [-0.05, 0) is 30.2 Å². The lowest BCUT2D eigenvalue weighted by Gasteiger charge is -2.14. The van der Waals surface area contributed by atoms with Gasteiger partial charge in [-0.3, -0.25) is 4.79 Å². The van der Waals surface area contributed by atoms with E-state index in [1.54, 1.807) is 7.05 Å². The molecule has 0 heterocycles. The summed E-state index contributed by atoms with van der Waals surface area (Å²) in [5.74, 6) is 0.767. The normalized spacial score (nSPS) is 10.1. The molecule has 0 saturated heterocycles. The smallest absolute Gasteiger partial charge is 0.320 e. The Kier molecular flexibility index (Phi) is 5.84. The van der Waals surface area contributed by atoms with Gasteiger partial charge in [0.2, 0.25) is 0 Å². The summed E-state index contributed by atoms with van der Waals surface area (Å²) in [6.07, 6.45) is 3.39. The lowest BCUT2D eigenvalue weighted by molar-refractivity contribution is 0.265. The van der Waals surface area contributed by atoms with Gasteiger partial charge in [0.05, 0.1) is 6.61 Å². The zero-order valence-electron chi connectivity index (χ0n) is 10.3. The van der Waals surface area contributed by atoms with Gasteiger partial charge in [0.1, 0.15) is 5.75 Å². The number of benzene rings is 1. The van der Waals surface area contributed by atoms with E-state index in [-0.39, 0.29) is 0 Å². The predicted molar refractivity (Wildman–Crippen MR) is 71.1 cm³/mol. The molecule has 0 aromatic heterocycles. The minimum atomic E-state index is -0.506. The molecule has 1 aromatic carbocycles. The maximum atomic E-state index is 11.0. The molecule has 0 bridgehead atoms. The van der Waals surface area contributed by atoms with Gasteiger partial charge >= 0.3 is 5.37 Å². The molecule has 0 radical (unpaired) electrons. The van der Waals surface area contributed by atoms with Crippen molar-refractivity contribution < 1.29 is 9.53 Å². The molecular weight excluding hydrogens is 238 g/mol. The predicted octanol–water partition coefficient (Wildman–Crippen LogP) is 4.05. The van der Waals surface area contributed by atoms with Crippen LogP contribution in [0.5, 0.6) is 5.75 Å². The number of unbranched alkanes of at least 4 members (excludes halogenated alkanes) is 2. The lowest BCUT2D eigenvalue weighted by atomic mass is 10.2. The van der Waals surface area contributed by atoms with Crippen LogP contribution in [0.3, 0.4) is 0 Å². The van der Waals surface area contributed by atoms with E-state index in [1.807, 2.05) is 24.3 Å². The molecule has 0 N–H and O–H groups in total. The molecule has 1 amide bonds. The van der Waals surface area contributed by atoms with Crippen LogP contribution in [-0.2, 0) is 0 Å². The van der Waals surface area contributed by atoms with Gasteiger partial charge in [-0.15, -0.1) is 0 Å². The summed E-state index contributed by atoms with van der Waals surface area (Å²) in [7, 11) is 1.63. The van der Waals surface area contributed by atoms with Crippen LogP contribution in [0.4, 0.5) is 10.5 Å². The number of ether oxygens (including phenoxy) is 1. The summed E-state index contributed by atoms with van der Waals surface area (Å²) in [6.45, 7) is 2.86. The van der Waals surface area contributed by atoms with E-state index in [2.05, 4.69) is 6.92 Å². The average Bonchev–Trinajstić information content (AvgIpc) is 2.34. The number of hydrogen-bond acceptors (Lipinski definition) is 2. The Morgan fingerprint density at radius 3 is 2.82 bits per heavy atom. The van der Waals surface area contributed by atoms with E-state index in [9.17, 15) is 4.79 Å². The van der Waals surface area contributed by atoms with Crippen molar-refractivity contribution in [3.8, 4) is 5.75 Å². The van der Waals surface area contributed by atoms with Crippen LogP contribution in [0.2, 0.25) is 0 Å². The Morgan fingerprint density at radius 2 is 2.18 bits per heavy atom. The summed E-state index contributed by atoms with van der Waals surface area (Å²) in [5.41, 5.74) is 0.734. The fraction of sp³-hybridized carbons (Fsp3) is 0.462. The summed E-state index contributed by atoms with van der Waals surface area (Å²) >= 11 is 5.41. The second kappa shape index (κ2) is 7.17. The number of halogens is 1. The summed E-state index contributed by atoms with van der Waals surface area (Å²) in [6, 6.07) is 7.36. The van der Waals surface area contributed by atoms with E-state index in [0.717, 1.165) is 17.9 Å². The van der Waals surface area contributed by atoms with Gasteiger partial charge in [-0.1, -0.05) is 25.8 Å². The van der Waals surface area contributed by atoms with Crippen LogP contribution in [0, 0.1) is 0 Å². The Balaban J connectivity index is 2.56. The maximum Gasteiger partial charge on any atom is 0.320 e. The second-order valence-corrected chi connectivity index (χ2v) is 4.19. The number of amides is 1. The first kappa shape index (κ1) is 13.8. The summed E-state index contributed by atoms with van der Waals surface area (Å²) in [5, 5.41) is -0.506. The van der Waals surface area contributed by atoms with Crippen LogP contribution < -0.4 is 9.64 Å². The molecule has 1 aromatic rings. The maximum absolute atomic E-state index is 11.0. The molecule has 0 saturated carbocycles. The van der Waals surface area contributed by atoms with E-state index >= 15 is 0 Å². The number of hydrogen-bond donors (Lipinski definition) is 0. The highest BCUT2D eigenvalue weighted by molar-refractivity contribution is 6.66. The number of carbonyl (C=O) groups excluding carboxylic acids is 1. The third-order valence-corrected chi connectivity index (χ3v) is 2.74. The molecule has 94 valence electrons. The second-order valence-electron chi connectivity index (χ2n) is 3.86. The van der Waals surface area contributed by atoms with E-state index in [0.29, 0.717) is 6.61 Å². The molecule has 4 heteroatoms. The lowest BCUT2D eigenvalue weighted by Crippen LogP contribution is -2.19. The molecule has 0 aliphatic carbocycles. The number of anilines is 1. The van der Waals surface area contributed by atoms with Crippen molar-refractivity contribution >= 4 is 22.7 Å². The fourth-order valence-electron chi connectivity index (χ4n) is 1.43. The van der Waals surface area contributed by atoms with E-state index in [4.69, 9.17) is 16.3 Å². The van der Waals surface area contributed by atoms with Crippen molar-refractivity contribution in [2.45, 2.75) is 26.2 Å². The largest absolute Gasteiger partial charge is 0.494 e. The quantitative estimate of drug-likeness (QED) is 0.436. The highest BCUT2D eigenvalue weighted by Crippen LogP contribution is 2.21. The van der Waals surface area contributed by atoms with Gasteiger partial charge in [-0.2, -0.15) is 0 Å². The third kappa shape index (κ3) is 4.65. The molecule has 0 fully saturated rings. The van der Waals surface area contributed by atoms with Crippen LogP contribution in [0.25, 0.3) is 0 Å². The molecule has 0 atom stereocenters. The highest BCUT2D eigenvalue weighted by Gasteiger charge is 2.07. The molecule has 0 spiro atoms. The van der Waals surface area contributed by atoms with Crippen LogP contribution in [0.1, 0.15) is 26.2 Å². The number of carbonyl (C=O) groups is 1. The fourth-order valence-corrected chi connectivity index (χ4v) is 1.52. The minimum absolute atomic E-state index is 0.506. The average molecular weight is 256 g/mol. The highest BCUT2D eigenvalue weighted by atomic mass is 35.5. The van der Waals surface area contributed by atoms with Crippen molar-refractivity contribution in [2.75, 3.05) is 18.6 Å². The van der Waals surface area contributed by atoms with E-state index in [1.165, 1.54) is 17.7 Å². The Labute approximate surface area is 107 Å².